The van der Waals surface area contributed by atoms with Crippen molar-refractivity contribution in [2.24, 2.45) is 5.92 Å². The largest absolute Gasteiger partial charge is 0.497 e. The summed E-state index contributed by atoms with van der Waals surface area (Å²) >= 11 is 1.60. The molecule has 0 saturated carbocycles. The molecule has 0 bridgehead atoms. The maximum Gasteiger partial charge on any atom is 0.263 e. The standard InChI is InChI=1S/C22H26N2O4S/c1-27-16-6-7-17(18(13-16)28-2)23-21(25)14-5-8-19-15(11-14)12-20(29-19)22(26)24-9-3-4-10-24/h6-7,12-14H,3-5,8-11H2,1-2H3,(H,23,25)/t14-/m0/s1. The lowest BCUT2D eigenvalue weighted by Crippen LogP contribution is -2.27. The number of anilines is 1. The van der Waals surface area contributed by atoms with E-state index in [-0.39, 0.29) is 17.7 Å². The maximum atomic E-state index is 12.9. The predicted molar refractivity (Wildman–Crippen MR) is 113 cm³/mol. The number of methoxy groups -OCH3 is 2. The number of carbonyl (C=O) groups excluding carboxylic acids is 2. The van der Waals surface area contributed by atoms with Gasteiger partial charge < -0.3 is 19.7 Å². The van der Waals surface area contributed by atoms with Crippen molar-refractivity contribution in [3.63, 3.8) is 0 Å². The summed E-state index contributed by atoms with van der Waals surface area (Å²) in [5, 5.41) is 3.00. The highest BCUT2D eigenvalue weighted by Crippen LogP contribution is 2.35. The van der Waals surface area contributed by atoms with Gasteiger partial charge in [-0.2, -0.15) is 0 Å². The molecule has 2 heterocycles. The fourth-order valence-corrected chi connectivity index (χ4v) is 5.24. The molecule has 0 radical (unpaired) electrons. The molecule has 6 nitrogen and oxygen atoms in total. The Morgan fingerprint density at radius 3 is 2.66 bits per heavy atom. The number of fused-ring (bicyclic) bond motifs is 1. The van der Waals surface area contributed by atoms with E-state index in [4.69, 9.17) is 9.47 Å². The van der Waals surface area contributed by atoms with Crippen LogP contribution in [0.5, 0.6) is 11.5 Å². The number of nitrogens with zero attached hydrogens (tertiary/aromatic N) is 1. The van der Waals surface area contributed by atoms with Gasteiger partial charge in [0, 0.05) is 30.0 Å². The number of aryl methyl sites for hydroxylation is 1. The highest BCUT2D eigenvalue weighted by atomic mass is 32.1. The molecule has 0 unspecified atom stereocenters. The van der Waals surface area contributed by atoms with E-state index in [1.807, 2.05) is 11.0 Å². The molecule has 7 heteroatoms. The Morgan fingerprint density at radius 2 is 1.93 bits per heavy atom. The van der Waals surface area contributed by atoms with Gasteiger partial charge in [0.05, 0.1) is 24.8 Å². The summed E-state index contributed by atoms with van der Waals surface area (Å²) in [5.41, 5.74) is 1.78. The van der Waals surface area contributed by atoms with Gasteiger partial charge in [0.15, 0.2) is 0 Å². The lowest BCUT2D eigenvalue weighted by atomic mass is 9.87. The van der Waals surface area contributed by atoms with Crippen LogP contribution in [0.2, 0.25) is 0 Å². The third-order valence-corrected chi connectivity index (χ3v) is 6.95. The van der Waals surface area contributed by atoms with Crippen LogP contribution in [-0.4, -0.2) is 44.0 Å². The first-order valence-corrected chi connectivity index (χ1v) is 10.8. The van der Waals surface area contributed by atoms with Gasteiger partial charge in [-0.15, -0.1) is 11.3 Å². The van der Waals surface area contributed by atoms with Gasteiger partial charge >= 0.3 is 0 Å². The lowest BCUT2D eigenvalue weighted by Gasteiger charge is -2.22. The first kappa shape index (κ1) is 19.8. The van der Waals surface area contributed by atoms with Crippen LogP contribution in [0.3, 0.4) is 0 Å². The quantitative estimate of drug-likeness (QED) is 0.809. The second-order valence-electron chi connectivity index (χ2n) is 7.55. The number of hydrogen-bond acceptors (Lipinski definition) is 5. The van der Waals surface area contributed by atoms with E-state index in [0.29, 0.717) is 23.6 Å². The first-order valence-electron chi connectivity index (χ1n) is 10.0. The highest BCUT2D eigenvalue weighted by molar-refractivity contribution is 7.14. The molecule has 1 N–H and O–H groups in total. The summed E-state index contributed by atoms with van der Waals surface area (Å²) in [6, 6.07) is 7.35. The van der Waals surface area contributed by atoms with Crippen LogP contribution in [0, 0.1) is 5.92 Å². The van der Waals surface area contributed by atoms with Crippen LogP contribution in [0.15, 0.2) is 24.3 Å². The minimum atomic E-state index is -0.112. The zero-order valence-corrected chi connectivity index (χ0v) is 17.6. The third-order valence-electron chi connectivity index (χ3n) is 5.72. The molecule has 1 aromatic carbocycles. The second kappa shape index (κ2) is 8.45. The molecule has 1 atom stereocenters. The maximum absolute atomic E-state index is 12.9. The molecular formula is C22H26N2O4S. The molecule has 2 aromatic rings. The second-order valence-corrected chi connectivity index (χ2v) is 8.69. The molecule has 1 aliphatic heterocycles. The van der Waals surface area contributed by atoms with Crippen LogP contribution >= 0.6 is 11.3 Å². The number of amides is 2. The fourth-order valence-electron chi connectivity index (χ4n) is 4.07. The summed E-state index contributed by atoms with van der Waals surface area (Å²) in [6.45, 7) is 1.71. The minimum Gasteiger partial charge on any atom is -0.497 e. The molecule has 154 valence electrons. The van der Waals surface area contributed by atoms with E-state index in [9.17, 15) is 9.59 Å². The average Bonchev–Trinajstić information content (AvgIpc) is 3.42. The van der Waals surface area contributed by atoms with Crippen molar-refractivity contribution in [1.82, 2.24) is 4.90 Å². The zero-order chi connectivity index (χ0) is 20.4. The van der Waals surface area contributed by atoms with Crippen molar-refractivity contribution in [2.75, 3.05) is 32.6 Å². The van der Waals surface area contributed by atoms with Gasteiger partial charge in [-0.05, 0) is 55.9 Å². The van der Waals surface area contributed by atoms with Gasteiger partial charge in [-0.1, -0.05) is 0 Å². The number of thiophene rings is 1. The molecular weight excluding hydrogens is 388 g/mol. The summed E-state index contributed by atoms with van der Waals surface area (Å²) < 4.78 is 10.6. The molecule has 1 saturated heterocycles. The Morgan fingerprint density at radius 1 is 1.14 bits per heavy atom. The molecule has 1 aliphatic carbocycles. The van der Waals surface area contributed by atoms with Gasteiger partial charge in [-0.3, -0.25) is 9.59 Å². The Labute approximate surface area is 174 Å². The van der Waals surface area contributed by atoms with Crippen LogP contribution in [0.25, 0.3) is 0 Å². The molecule has 4 rings (SSSR count). The van der Waals surface area contributed by atoms with Crippen molar-refractivity contribution in [1.29, 1.82) is 0 Å². The van der Waals surface area contributed by atoms with E-state index in [2.05, 4.69) is 5.32 Å². The van der Waals surface area contributed by atoms with Crippen LogP contribution in [0.4, 0.5) is 5.69 Å². The summed E-state index contributed by atoms with van der Waals surface area (Å²) in [7, 11) is 3.16. The molecule has 29 heavy (non-hydrogen) atoms. The Hall–Kier alpha value is -2.54. The van der Waals surface area contributed by atoms with Crippen LogP contribution in [0.1, 0.15) is 39.4 Å². The monoisotopic (exact) mass is 414 g/mol. The Kier molecular flexibility index (Phi) is 5.76. The summed E-state index contributed by atoms with van der Waals surface area (Å²) in [5.74, 6) is 1.26. The molecule has 2 aliphatic rings. The van der Waals surface area contributed by atoms with Gasteiger partial charge in [0.25, 0.3) is 5.91 Å². The summed E-state index contributed by atoms with van der Waals surface area (Å²) in [6.07, 6.45) is 4.48. The smallest absolute Gasteiger partial charge is 0.263 e. The summed E-state index contributed by atoms with van der Waals surface area (Å²) in [4.78, 5) is 29.6. The Bertz CT molecular complexity index is 918. The van der Waals surface area contributed by atoms with Gasteiger partial charge in [0.2, 0.25) is 5.91 Å². The van der Waals surface area contributed by atoms with Crippen LogP contribution in [-0.2, 0) is 17.6 Å². The molecule has 2 amide bonds. The van der Waals surface area contributed by atoms with E-state index >= 15 is 0 Å². The number of likely N-dealkylation sites (tertiary alicyclic amines) is 1. The fraction of sp³-hybridized carbons (Fsp3) is 0.455. The number of rotatable bonds is 5. The Balaban J connectivity index is 1.44. The van der Waals surface area contributed by atoms with E-state index < -0.39 is 0 Å². The topological polar surface area (TPSA) is 67.9 Å². The molecule has 1 fully saturated rings. The van der Waals surface area contributed by atoms with Crippen molar-refractivity contribution in [2.45, 2.75) is 32.1 Å². The normalized spacial score (nSPS) is 18.3. The number of benzene rings is 1. The third kappa shape index (κ3) is 4.10. The first-order chi connectivity index (χ1) is 14.1. The van der Waals surface area contributed by atoms with Gasteiger partial charge in [-0.25, -0.2) is 0 Å². The average molecular weight is 415 g/mol. The number of hydrogen-bond donors (Lipinski definition) is 1. The SMILES string of the molecule is COc1ccc(NC(=O)[C@H]2CCc3sc(C(=O)N4CCCC4)cc3C2)c(OC)c1. The number of ether oxygens (including phenoxy) is 2. The zero-order valence-electron chi connectivity index (χ0n) is 16.8. The highest BCUT2D eigenvalue weighted by Gasteiger charge is 2.29. The van der Waals surface area contributed by atoms with E-state index in [0.717, 1.165) is 49.2 Å². The van der Waals surface area contributed by atoms with Crippen molar-refractivity contribution >= 4 is 28.8 Å². The van der Waals surface area contributed by atoms with E-state index in [1.54, 1.807) is 43.8 Å². The predicted octanol–water partition coefficient (Wildman–Crippen LogP) is 3.74. The van der Waals surface area contributed by atoms with Crippen molar-refractivity contribution < 1.29 is 19.1 Å². The van der Waals surface area contributed by atoms with Crippen LogP contribution < -0.4 is 14.8 Å². The number of nitrogens with one attached hydrogen (secondary N) is 1. The van der Waals surface area contributed by atoms with Crippen molar-refractivity contribution in [3.8, 4) is 11.5 Å². The molecule has 0 spiro atoms. The lowest BCUT2D eigenvalue weighted by molar-refractivity contribution is -0.120. The molecule has 1 aromatic heterocycles. The minimum absolute atomic E-state index is 0.0160. The number of carbonyl (C=O) groups is 2. The van der Waals surface area contributed by atoms with Gasteiger partial charge in [0.1, 0.15) is 11.5 Å². The van der Waals surface area contributed by atoms with E-state index in [1.165, 1.54) is 4.88 Å². The van der Waals surface area contributed by atoms with Crippen molar-refractivity contribution in [3.05, 3.63) is 39.6 Å².